The Hall–Kier alpha value is -1.41. The third-order valence-electron chi connectivity index (χ3n) is 2.73. The summed E-state index contributed by atoms with van der Waals surface area (Å²) >= 11 is 1.58. The molecule has 1 heterocycles. The van der Waals surface area contributed by atoms with Crippen LogP contribution in [0.15, 0.2) is 29.0 Å². The SMILES string of the molecule is Cc1ccc(C(=O)c2cscc2C)c(C)c1. The Morgan fingerprint density at radius 1 is 1.00 bits per heavy atom. The van der Waals surface area contributed by atoms with Gasteiger partial charge in [-0.3, -0.25) is 4.79 Å². The number of aryl methyl sites for hydroxylation is 3. The Morgan fingerprint density at radius 3 is 2.31 bits per heavy atom. The van der Waals surface area contributed by atoms with Crippen molar-refractivity contribution in [3.63, 3.8) is 0 Å². The zero-order chi connectivity index (χ0) is 11.7. The second-order valence-electron chi connectivity index (χ2n) is 4.12. The molecule has 2 heteroatoms. The molecule has 1 nitrogen and oxygen atoms in total. The van der Waals surface area contributed by atoms with E-state index in [1.807, 2.05) is 43.7 Å². The van der Waals surface area contributed by atoms with Crippen molar-refractivity contribution in [3.8, 4) is 0 Å². The zero-order valence-electron chi connectivity index (χ0n) is 9.70. The van der Waals surface area contributed by atoms with E-state index >= 15 is 0 Å². The lowest BCUT2D eigenvalue weighted by atomic mass is 9.97. The van der Waals surface area contributed by atoms with Crippen molar-refractivity contribution in [2.75, 3.05) is 0 Å². The topological polar surface area (TPSA) is 17.1 Å². The first kappa shape index (κ1) is 11.1. The smallest absolute Gasteiger partial charge is 0.194 e. The number of carbonyl (C=O) groups excluding carboxylic acids is 1. The van der Waals surface area contributed by atoms with Gasteiger partial charge in [0.25, 0.3) is 0 Å². The van der Waals surface area contributed by atoms with Gasteiger partial charge in [-0.05, 0) is 37.3 Å². The lowest BCUT2D eigenvalue weighted by Gasteiger charge is -2.05. The molecule has 0 unspecified atom stereocenters. The molecule has 0 amide bonds. The predicted octanol–water partition coefficient (Wildman–Crippen LogP) is 3.90. The summed E-state index contributed by atoms with van der Waals surface area (Å²) in [5.41, 5.74) is 4.95. The van der Waals surface area contributed by atoms with Crippen LogP contribution in [0.5, 0.6) is 0 Å². The van der Waals surface area contributed by atoms with E-state index in [0.717, 1.165) is 22.3 Å². The molecule has 0 atom stereocenters. The fraction of sp³-hybridized carbons (Fsp3) is 0.214. The van der Waals surface area contributed by atoms with Gasteiger partial charge in [0.15, 0.2) is 5.78 Å². The summed E-state index contributed by atoms with van der Waals surface area (Å²) in [6.45, 7) is 6.01. The molecule has 16 heavy (non-hydrogen) atoms. The van der Waals surface area contributed by atoms with Gasteiger partial charge in [-0.15, -0.1) is 0 Å². The van der Waals surface area contributed by atoms with E-state index in [1.54, 1.807) is 11.3 Å². The minimum Gasteiger partial charge on any atom is -0.289 e. The van der Waals surface area contributed by atoms with Crippen LogP contribution in [0.3, 0.4) is 0 Å². The Kier molecular flexibility index (Phi) is 2.92. The summed E-state index contributed by atoms with van der Waals surface area (Å²) in [5.74, 6) is 0.135. The van der Waals surface area contributed by atoms with E-state index in [9.17, 15) is 4.79 Å². The van der Waals surface area contributed by atoms with E-state index in [2.05, 4.69) is 6.07 Å². The van der Waals surface area contributed by atoms with Crippen LogP contribution in [-0.4, -0.2) is 5.78 Å². The first-order valence-corrected chi connectivity index (χ1v) is 6.18. The molecule has 2 rings (SSSR count). The van der Waals surface area contributed by atoms with Gasteiger partial charge in [-0.2, -0.15) is 11.3 Å². The Bertz CT molecular complexity index is 537. The van der Waals surface area contributed by atoms with E-state index < -0.39 is 0 Å². The summed E-state index contributed by atoms with van der Waals surface area (Å²) in [5, 5.41) is 3.94. The summed E-state index contributed by atoms with van der Waals surface area (Å²) in [7, 11) is 0. The van der Waals surface area contributed by atoms with Crippen molar-refractivity contribution < 1.29 is 4.79 Å². The van der Waals surface area contributed by atoms with Crippen LogP contribution in [0.25, 0.3) is 0 Å². The van der Waals surface area contributed by atoms with Crippen molar-refractivity contribution in [3.05, 3.63) is 56.8 Å². The first-order valence-electron chi connectivity index (χ1n) is 5.24. The predicted molar refractivity (Wildman–Crippen MR) is 68.4 cm³/mol. The largest absolute Gasteiger partial charge is 0.289 e. The highest BCUT2D eigenvalue weighted by atomic mass is 32.1. The molecular formula is C14H14OS. The average molecular weight is 230 g/mol. The molecule has 0 aliphatic rings. The quantitative estimate of drug-likeness (QED) is 0.715. The monoisotopic (exact) mass is 230 g/mol. The molecule has 0 radical (unpaired) electrons. The lowest BCUT2D eigenvalue weighted by molar-refractivity contribution is 0.103. The van der Waals surface area contributed by atoms with E-state index in [0.29, 0.717) is 0 Å². The molecule has 0 aliphatic heterocycles. The van der Waals surface area contributed by atoms with Crippen molar-refractivity contribution >= 4 is 17.1 Å². The second-order valence-corrected chi connectivity index (χ2v) is 4.86. The Morgan fingerprint density at radius 2 is 1.75 bits per heavy atom. The fourth-order valence-corrected chi connectivity index (χ4v) is 2.63. The summed E-state index contributed by atoms with van der Waals surface area (Å²) in [6.07, 6.45) is 0. The highest BCUT2D eigenvalue weighted by Crippen LogP contribution is 2.20. The van der Waals surface area contributed by atoms with Crippen LogP contribution in [0.4, 0.5) is 0 Å². The molecule has 1 aromatic heterocycles. The van der Waals surface area contributed by atoms with Crippen LogP contribution in [0.2, 0.25) is 0 Å². The normalized spacial score (nSPS) is 10.4. The summed E-state index contributed by atoms with van der Waals surface area (Å²) in [6, 6.07) is 5.96. The average Bonchev–Trinajstić information content (AvgIpc) is 2.63. The van der Waals surface area contributed by atoms with Crippen LogP contribution < -0.4 is 0 Å². The highest BCUT2D eigenvalue weighted by molar-refractivity contribution is 7.08. The fourth-order valence-electron chi connectivity index (χ4n) is 1.81. The first-order chi connectivity index (χ1) is 7.59. The standard InChI is InChI=1S/C14H14OS/c1-9-4-5-12(10(2)6-9)14(15)13-8-16-7-11(13)3/h4-8H,1-3H3. The molecule has 82 valence electrons. The third kappa shape index (κ3) is 1.93. The number of thiophene rings is 1. The van der Waals surface area contributed by atoms with E-state index in [-0.39, 0.29) is 5.78 Å². The number of ketones is 1. The van der Waals surface area contributed by atoms with Crippen LogP contribution in [0, 0.1) is 20.8 Å². The molecule has 0 saturated carbocycles. The van der Waals surface area contributed by atoms with E-state index in [1.165, 1.54) is 5.56 Å². The molecule has 0 saturated heterocycles. The highest BCUT2D eigenvalue weighted by Gasteiger charge is 2.14. The van der Waals surface area contributed by atoms with Gasteiger partial charge >= 0.3 is 0 Å². The Labute approximate surface area is 99.8 Å². The second kappa shape index (κ2) is 4.22. The van der Waals surface area contributed by atoms with Crippen molar-refractivity contribution in [2.24, 2.45) is 0 Å². The molecule has 0 fully saturated rings. The number of benzene rings is 1. The number of hydrogen-bond donors (Lipinski definition) is 0. The van der Waals surface area contributed by atoms with Gasteiger partial charge in [0.2, 0.25) is 0 Å². The molecule has 0 bridgehead atoms. The molecule has 0 N–H and O–H groups in total. The van der Waals surface area contributed by atoms with Gasteiger partial charge in [0, 0.05) is 16.5 Å². The third-order valence-corrected chi connectivity index (χ3v) is 3.59. The van der Waals surface area contributed by atoms with Crippen molar-refractivity contribution in [1.29, 1.82) is 0 Å². The molecule has 2 aromatic rings. The van der Waals surface area contributed by atoms with E-state index in [4.69, 9.17) is 0 Å². The number of carbonyl (C=O) groups is 1. The van der Waals surface area contributed by atoms with Crippen molar-refractivity contribution in [1.82, 2.24) is 0 Å². The molecular weight excluding hydrogens is 216 g/mol. The minimum absolute atomic E-state index is 0.135. The minimum atomic E-state index is 0.135. The van der Waals surface area contributed by atoms with Crippen LogP contribution >= 0.6 is 11.3 Å². The summed E-state index contributed by atoms with van der Waals surface area (Å²) < 4.78 is 0. The van der Waals surface area contributed by atoms with Gasteiger partial charge in [-0.25, -0.2) is 0 Å². The van der Waals surface area contributed by atoms with Crippen LogP contribution in [-0.2, 0) is 0 Å². The van der Waals surface area contributed by atoms with Gasteiger partial charge in [-0.1, -0.05) is 23.8 Å². The lowest BCUT2D eigenvalue weighted by Crippen LogP contribution is -2.04. The van der Waals surface area contributed by atoms with Gasteiger partial charge < -0.3 is 0 Å². The van der Waals surface area contributed by atoms with Gasteiger partial charge in [0.05, 0.1) is 0 Å². The van der Waals surface area contributed by atoms with Crippen molar-refractivity contribution in [2.45, 2.75) is 20.8 Å². The maximum Gasteiger partial charge on any atom is 0.194 e. The zero-order valence-corrected chi connectivity index (χ0v) is 10.5. The maximum atomic E-state index is 12.3. The van der Waals surface area contributed by atoms with Crippen LogP contribution in [0.1, 0.15) is 32.6 Å². The maximum absolute atomic E-state index is 12.3. The van der Waals surface area contributed by atoms with Gasteiger partial charge in [0.1, 0.15) is 0 Å². The number of rotatable bonds is 2. The molecule has 0 aliphatic carbocycles. The molecule has 1 aromatic carbocycles. The number of hydrogen-bond acceptors (Lipinski definition) is 2. The Balaban J connectivity index is 2.46. The molecule has 0 spiro atoms. The summed E-state index contributed by atoms with van der Waals surface area (Å²) in [4.78, 5) is 12.3.